The number of benzene rings is 1. The van der Waals surface area contributed by atoms with Gasteiger partial charge in [0.05, 0.1) is 0 Å². The van der Waals surface area contributed by atoms with E-state index in [4.69, 9.17) is 6.42 Å². The molecule has 0 amide bonds. The Balaban J connectivity index is 0.000000671. The Morgan fingerprint density at radius 3 is 2.54 bits per heavy atom. The van der Waals surface area contributed by atoms with Crippen LogP contribution in [0.1, 0.15) is 25.0 Å². The molecule has 0 saturated heterocycles. The maximum absolute atomic E-state index is 5.08. The molecule has 1 aromatic carbocycles. The van der Waals surface area contributed by atoms with Crippen LogP contribution in [0.4, 0.5) is 0 Å². The molecule has 0 radical (unpaired) electrons. The highest BCUT2D eigenvalue weighted by Gasteiger charge is 1.84. The van der Waals surface area contributed by atoms with Gasteiger partial charge in [0.15, 0.2) is 0 Å². The SMILES string of the molecule is C#C/C=C/c1cccc(C)c1.CC. The molecule has 0 aliphatic carbocycles. The first-order chi connectivity index (χ1) is 6.33. The van der Waals surface area contributed by atoms with Gasteiger partial charge in [-0.15, -0.1) is 6.42 Å². The third kappa shape index (κ3) is 4.87. The quantitative estimate of drug-likeness (QED) is 0.567. The number of aryl methyl sites for hydroxylation is 1. The summed E-state index contributed by atoms with van der Waals surface area (Å²) in [6, 6.07) is 8.20. The summed E-state index contributed by atoms with van der Waals surface area (Å²) in [4.78, 5) is 0. The third-order valence-corrected chi connectivity index (χ3v) is 1.41. The van der Waals surface area contributed by atoms with Crippen LogP contribution in [0.5, 0.6) is 0 Å². The van der Waals surface area contributed by atoms with E-state index in [1.165, 1.54) is 5.56 Å². The van der Waals surface area contributed by atoms with Gasteiger partial charge in [0.25, 0.3) is 0 Å². The van der Waals surface area contributed by atoms with Crippen LogP contribution in [-0.4, -0.2) is 0 Å². The van der Waals surface area contributed by atoms with Gasteiger partial charge in [0.2, 0.25) is 0 Å². The number of hydrogen-bond acceptors (Lipinski definition) is 0. The van der Waals surface area contributed by atoms with E-state index < -0.39 is 0 Å². The van der Waals surface area contributed by atoms with Gasteiger partial charge in [-0.1, -0.05) is 49.6 Å². The van der Waals surface area contributed by atoms with Crippen molar-refractivity contribution in [3.63, 3.8) is 0 Å². The summed E-state index contributed by atoms with van der Waals surface area (Å²) in [7, 11) is 0. The van der Waals surface area contributed by atoms with Crippen LogP contribution in [0.3, 0.4) is 0 Å². The maximum atomic E-state index is 5.08. The van der Waals surface area contributed by atoms with Crippen LogP contribution in [0.2, 0.25) is 0 Å². The zero-order valence-electron chi connectivity index (χ0n) is 8.54. The average Bonchev–Trinajstić information content (AvgIpc) is 2.18. The van der Waals surface area contributed by atoms with Crippen molar-refractivity contribution in [2.24, 2.45) is 0 Å². The predicted molar refractivity (Wildman–Crippen MR) is 60.4 cm³/mol. The lowest BCUT2D eigenvalue weighted by Gasteiger charge is -1.93. The molecule has 0 aliphatic rings. The van der Waals surface area contributed by atoms with Crippen LogP contribution in [0, 0.1) is 19.3 Å². The van der Waals surface area contributed by atoms with E-state index in [0.29, 0.717) is 0 Å². The fourth-order valence-electron chi connectivity index (χ4n) is 0.918. The fraction of sp³-hybridized carbons (Fsp3) is 0.231. The monoisotopic (exact) mass is 172 g/mol. The van der Waals surface area contributed by atoms with Crippen molar-refractivity contribution < 1.29 is 0 Å². The standard InChI is InChI=1S/C11H10.C2H6/c1-3-4-7-11-8-5-6-10(2)9-11;1-2/h1,4-9H,2H3;1-2H3/b7-4+;. The molecule has 0 spiro atoms. The molecule has 0 aromatic heterocycles. The van der Waals surface area contributed by atoms with Crippen molar-refractivity contribution in [1.29, 1.82) is 0 Å². The molecule has 0 bridgehead atoms. The molecule has 1 aromatic rings. The van der Waals surface area contributed by atoms with Gasteiger partial charge in [0.1, 0.15) is 0 Å². The molecular weight excluding hydrogens is 156 g/mol. The number of hydrogen-bond donors (Lipinski definition) is 0. The molecule has 0 atom stereocenters. The summed E-state index contributed by atoms with van der Waals surface area (Å²) in [5.41, 5.74) is 2.41. The smallest absolute Gasteiger partial charge is 0.0116 e. The highest BCUT2D eigenvalue weighted by Crippen LogP contribution is 2.04. The maximum Gasteiger partial charge on any atom is -0.0116 e. The summed E-state index contributed by atoms with van der Waals surface area (Å²) in [5, 5.41) is 0. The molecular formula is C13H16. The van der Waals surface area contributed by atoms with E-state index >= 15 is 0 Å². The van der Waals surface area contributed by atoms with E-state index in [9.17, 15) is 0 Å². The van der Waals surface area contributed by atoms with Gasteiger partial charge < -0.3 is 0 Å². The van der Waals surface area contributed by atoms with Gasteiger partial charge in [-0.05, 0) is 24.6 Å². The van der Waals surface area contributed by atoms with Crippen molar-refractivity contribution in [3.05, 3.63) is 41.5 Å². The molecule has 0 N–H and O–H groups in total. The van der Waals surface area contributed by atoms with Crippen LogP contribution in [-0.2, 0) is 0 Å². The second-order valence-electron chi connectivity index (χ2n) is 2.41. The second kappa shape index (κ2) is 7.18. The van der Waals surface area contributed by atoms with Crippen LogP contribution in [0.15, 0.2) is 30.3 Å². The average molecular weight is 172 g/mol. The highest BCUT2D eigenvalue weighted by atomic mass is 13.9. The first kappa shape index (κ1) is 11.5. The Morgan fingerprint density at radius 2 is 2.00 bits per heavy atom. The van der Waals surface area contributed by atoms with Gasteiger partial charge in [-0.3, -0.25) is 0 Å². The molecule has 0 saturated carbocycles. The van der Waals surface area contributed by atoms with Gasteiger partial charge in [-0.25, -0.2) is 0 Å². The van der Waals surface area contributed by atoms with Crippen molar-refractivity contribution in [3.8, 4) is 12.3 Å². The summed E-state index contributed by atoms with van der Waals surface area (Å²) in [6.07, 6.45) is 8.70. The minimum Gasteiger partial charge on any atom is -0.115 e. The predicted octanol–water partition coefficient (Wildman–Crippen LogP) is 3.67. The second-order valence-corrected chi connectivity index (χ2v) is 2.41. The summed E-state index contributed by atoms with van der Waals surface area (Å²) in [6.45, 7) is 6.06. The van der Waals surface area contributed by atoms with Crippen molar-refractivity contribution in [2.45, 2.75) is 20.8 Å². The fourth-order valence-corrected chi connectivity index (χ4v) is 0.918. The Bertz CT molecular complexity index is 300. The summed E-state index contributed by atoms with van der Waals surface area (Å²) in [5.74, 6) is 2.46. The Morgan fingerprint density at radius 1 is 1.31 bits per heavy atom. The Hall–Kier alpha value is -1.48. The number of terminal acetylenes is 1. The van der Waals surface area contributed by atoms with Crippen molar-refractivity contribution in [2.75, 3.05) is 0 Å². The number of allylic oxidation sites excluding steroid dienone is 1. The van der Waals surface area contributed by atoms with Gasteiger partial charge in [-0.2, -0.15) is 0 Å². The lowest BCUT2D eigenvalue weighted by molar-refractivity contribution is 1.46. The normalized spacial score (nSPS) is 8.77. The largest absolute Gasteiger partial charge is 0.115 e. The summed E-state index contributed by atoms with van der Waals surface area (Å²) >= 11 is 0. The van der Waals surface area contributed by atoms with Gasteiger partial charge >= 0.3 is 0 Å². The lowest BCUT2D eigenvalue weighted by atomic mass is 10.1. The molecule has 0 heteroatoms. The van der Waals surface area contributed by atoms with Gasteiger partial charge in [0, 0.05) is 0 Å². The zero-order chi connectivity index (χ0) is 10.1. The molecule has 0 nitrogen and oxygen atoms in total. The summed E-state index contributed by atoms with van der Waals surface area (Å²) < 4.78 is 0. The molecule has 68 valence electrons. The minimum absolute atomic E-state index is 1.16. The zero-order valence-corrected chi connectivity index (χ0v) is 8.54. The number of rotatable bonds is 1. The van der Waals surface area contributed by atoms with E-state index in [-0.39, 0.29) is 0 Å². The Kier molecular flexibility index (Phi) is 6.37. The van der Waals surface area contributed by atoms with Crippen molar-refractivity contribution >= 4 is 6.08 Å². The van der Waals surface area contributed by atoms with E-state index in [1.807, 2.05) is 32.1 Å². The Labute approximate surface area is 81.3 Å². The van der Waals surface area contributed by atoms with Crippen LogP contribution in [0.25, 0.3) is 6.08 Å². The van der Waals surface area contributed by atoms with Crippen molar-refractivity contribution in [1.82, 2.24) is 0 Å². The third-order valence-electron chi connectivity index (χ3n) is 1.41. The molecule has 1 rings (SSSR count). The molecule has 0 heterocycles. The topological polar surface area (TPSA) is 0 Å². The highest BCUT2D eigenvalue weighted by molar-refractivity contribution is 5.52. The lowest BCUT2D eigenvalue weighted by Crippen LogP contribution is -1.73. The van der Waals surface area contributed by atoms with Crippen LogP contribution < -0.4 is 0 Å². The van der Waals surface area contributed by atoms with E-state index in [1.54, 1.807) is 6.08 Å². The molecule has 0 aliphatic heterocycles. The first-order valence-corrected chi connectivity index (χ1v) is 4.52. The van der Waals surface area contributed by atoms with Crippen LogP contribution >= 0.6 is 0 Å². The first-order valence-electron chi connectivity index (χ1n) is 4.52. The molecule has 0 unspecified atom stereocenters. The minimum atomic E-state index is 1.16. The molecule has 13 heavy (non-hydrogen) atoms. The molecule has 0 fully saturated rings. The van der Waals surface area contributed by atoms with E-state index in [0.717, 1.165) is 5.56 Å². The van der Waals surface area contributed by atoms with E-state index in [2.05, 4.69) is 25.0 Å².